The first kappa shape index (κ1) is 17.9. The van der Waals surface area contributed by atoms with Crippen molar-refractivity contribution in [3.63, 3.8) is 0 Å². The molecular formula is C17H24N4O3. The molecule has 24 heavy (non-hydrogen) atoms. The van der Waals surface area contributed by atoms with E-state index in [1.807, 2.05) is 20.8 Å². The molecule has 1 saturated carbocycles. The summed E-state index contributed by atoms with van der Waals surface area (Å²) in [5, 5.41) is 6.90. The van der Waals surface area contributed by atoms with Crippen molar-refractivity contribution in [2.75, 3.05) is 0 Å². The Balaban J connectivity index is 1.97. The van der Waals surface area contributed by atoms with Gasteiger partial charge < -0.3 is 10.1 Å². The van der Waals surface area contributed by atoms with E-state index in [1.54, 1.807) is 30.6 Å². The van der Waals surface area contributed by atoms with Gasteiger partial charge in [-0.25, -0.2) is 10.2 Å². The molecule has 7 heteroatoms. The fourth-order valence-corrected chi connectivity index (χ4v) is 2.57. The summed E-state index contributed by atoms with van der Waals surface area (Å²) in [4.78, 5) is 27.9. The van der Waals surface area contributed by atoms with Gasteiger partial charge in [-0.05, 0) is 45.7 Å². The highest BCUT2D eigenvalue weighted by Gasteiger charge is 2.35. The normalized spacial score (nSPS) is 16.8. The van der Waals surface area contributed by atoms with Crippen molar-refractivity contribution in [2.45, 2.75) is 57.6 Å². The zero-order valence-electron chi connectivity index (χ0n) is 14.3. The maximum Gasteiger partial charge on any atom is 0.408 e. The van der Waals surface area contributed by atoms with Gasteiger partial charge in [0.15, 0.2) is 0 Å². The Morgan fingerprint density at radius 1 is 1.29 bits per heavy atom. The standard InChI is InChI=1S/C17H24N4O3/c1-16(2,3)24-15(23)20-17(9-5-6-10-17)12-19-21-14(22)13-8-4-7-11-18-13/h4,7-8,11-12H,5-6,9-10H2,1-3H3,(H,20,23)(H,21,22)/b19-12+. The van der Waals surface area contributed by atoms with Gasteiger partial charge in [-0.3, -0.25) is 9.78 Å². The molecular weight excluding hydrogens is 308 g/mol. The van der Waals surface area contributed by atoms with Crippen LogP contribution in [0.15, 0.2) is 29.5 Å². The van der Waals surface area contributed by atoms with Crippen molar-refractivity contribution < 1.29 is 14.3 Å². The number of alkyl carbamates (subject to hydrolysis) is 1. The first-order valence-electron chi connectivity index (χ1n) is 8.06. The number of carbonyl (C=O) groups excluding carboxylic acids is 2. The van der Waals surface area contributed by atoms with E-state index in [0.717, 1.165) is 25.7 Å². The summed E-state index contributed by atoms with van der Waals surface area (Å²) in [6.45, 7) is 5.44. The molecule has 1 aliphatic carbocycles. The van der Waals surface area contributed by atoms with Gasteiger partial charge in [0.1, 0.15) is 11.3 Å². The highest BCUT2D eigenvalue weighted by molar-refractivity contribution is 5.92. The Morgan fingerprint density at radius 3 is 2.58 bits per heavy atom. The van der Waals surface area contributed by atoms with Gasteiger partial charge in [-0.15, -0.1) is 0 Å². The Morgan fingerprint density at radius 2 is 2.00 bits per heavy atom. The fraction of sp³-hybridized carbons (Fsp3) is 0.529. The highest BCUT2D eigenvalue weighted by atomic mass is 16.6. The number of carbonyl (C=O) groups is 2. The van der Waals surface area contributed by atoms with Gasteiger partial charge in [0.05, 0.1) is 11.8 Å². The topological polar surface area (TPSA) is 92.7 Å². The third-order valence-corrected chi connectivity index (χ3v) is 3.62. The maximum absolute atomic E-state index is 12.0. The molecule has 1 aliphatic rings. The number of amides is 2. The molecule has 7 nitrogen and oxygen atoms in total. The summed E-state index contributed by atoms with van der Waals surface area (Å²) in [5.41, 5.74) is 1.59. The number of nitrogens with one attached hydrogen (secondary N) is 2. The lowest BCUT2D eigenvalue weighted by atomic mass is 10.00. The number of nitrogens with zero attached hydrogens (tertiary/aromatic N) is 2. The van der Waals surface area contributed by atoms with Crippen LogP contribution >= 0.6 is 0 Å². The molecule has 0 saturated heterocycles. The minimum Gasteiger partial charge on any atom is -0.444 e. The van der Waals surface area contributed by atoms with Crippen molar-refractivity contribution >= 4 is 18.2 Å². The lowest BCUT2D eigenvalue weighted by Crippen LogP contribution is -2.49. The van der Waals surface area contributed by atoms with Crippen molar-refractivity contribution in [3.05, 3.63) is 30.1 Å². The molecule has 1 heterocycles. The Kier molecular flexibility index (Phi) is 5.54. The van der Waals surface area contributed by atoms with Gasteiger partial charge in [-0.1, -0.05) is 18.9 Å². The predicted octanol–water partition coefficient (Wildman–Crippen LogP) is 2.63. The molecule has 2 N–H and O–H groups in total. The smallest absolute Gasteiger partial charge is 0.408 e. The van der Waals surface area contributed by atoms with Crippen LogP contribution in [0, 0.1) is 0 Å². The van der Waals surface area contributed by atoms with E-state index in [4.69, 9.17) is 4.74 Å². The zero-order valence-corrected chi connectivity index (χ0v) is 14.3. The summed E-state index contributed by atoms with van der Waals surface area (Å²) in [5.74, 6) is -0.391. The van der Waals surface area contributed by atoms with Crippen LogP contribution in [-0.2, 0) is 4.74 Å². The van der Waals surface area contributed by atoms with E-state index < -0.39 is 23.1 Å². The number of hydrogen-bond donors (Lipinski definition) is 2. The first-order valence-corrected chi connectivity index (χ1v) is 8.06. The second-order valence-electron chi connectivity index (χ2n) is 6.90. The van der Waals surface area contributed by atoms with E-state index in [2.05, 4.69) is 20.8 Å². The molecule has 1 aromatic rings. The van der Waals surface area contributed by atoms with Crippen LogP contribution in [0.4, 0.5) is 4.79 Å². The van der Waals surface area contributed by atoms with Crippen LogP contribution in [0.3, 0.4) is 0 Å². The number of hydrogen-bond acceptors (Lipinski definition) is 5. The van der Waals surface area contributed by atoms with E-state index in [9.17, 15) is 9.59 Å². The van der Waals surface area contributed by atoms with E-state index >= 15 is 0 Å². The van der Waals surface area contributed by atoms with E-state index in [0.29, 0.717) is 0 Å². The molecule has 0 radical (unpaired) electrons. The van der Waals surface area contributed by atoms with Gasteiger partial charge >= 0.3 is 6.09 Å². The van der Waals surface area contributed by atoms with Crippen molar-refractivity contribution in [1.29, 1.82) is 0 Å². The van der Waals surface area contributed by atoms with Crippen LogP contribution in [0.5, 0.6) is 0 Å². The molecule has 0 atom stereocenters. The van der Waals surface area contributed by atoms with Crippen molar-refractivity contribution in [1.82, 2.24) is 15.7 Å². The second-order valence-corrected chi connectivity index (χ2v) is 6.90. The lowest BCUT2D eigenvalue weighted by Gasteiger charge is -2.28. The molecule has 0 bridgehead atoms. The Bertz CT molecular complexity index is 602. The molecule has 1 aromatic heterocycles. The molecule has 0 unspecified atom stereocenters. The Hall–Kier alpha value is -2.44. The first-order chi connectivity index (χ1) is 11.3. The zero-order chi connectivity index (χ0) is 17.6. The summed E-state index contributed by atoms with van der Waals surface area (Å²) in [7, 11) is 0. The molecule has 0 aromatic carbocycles. The molecule has 1 fully saturated rings. The van der Waals surface area contributed by atoms with Crippen molar-refractivity contribution in [2.24, 2.45) is 5.10 Å². The Labute approximate surface area is 141 Å². The largest absolute Gasteiger partial charge is 0.444 e. The average molecular weight is 332 g/mol. The van der Waals surface area contributed by atoms with Gasteiger partial charge in [-0.2, -0.15) is 5.10 Å². The van der Waals surface area contributed by atoms with Crippen LogP contribution in [0.2, 0.25) is 0 Å². The molecule has 0 spiro atoms. The number of rotatable bonds is 4. The molecule has 2 amide bonds. The van der Waals surface area contributed by atoms with Gasteiger partial charge in [0.2, 0.25) is 0 Å². The molecule has 2 rings (SSSR count). The monoisotopic (exact) mass is 332 g/mol. The number of hydrazone groups is 1. The quantitative estimate of drug-likeness (QED) is 0.655. The van der Waals surface area contributed by atoms with E-state index in [1.165, 1.54) is 0 Å². The summed E-state index contributed by atoms with van der Waals surface area (Å²) in [6.07, 6.45) is 6.13. The fourth-order valence-electron chi connectivity index (χ4n) is 2.57. The highest BCUT2D eigenvalue weighted by Crippen LogP contribution is 2.28. The minimum atomic E-state index is -0.584. The van der Waals surface area contributed by atoms with Gasteiger partial charge in [0.25, 0.3) is 5.91 Å². The second kappa shape index (κ2) is 7.42. The van der Waals surface area contributed by atoms with Crippen LogP contribution < -0.4 is 10.7 Å². The van der Waals surface area contributed by atoms with Gasteiger partial charge in [0, 0.05) is 6.20 Å². The van der Waals surface area contributed by atoms with Crippen molar-refractivity contribution in [3.8, 4) is 0 Å². The summed E-state index contributed by atoms with van der Waals surface area (Å²) < 4.78 is 5.31. The minimum absolute atomic E-state index is 0.287. The average Bonchev–Trinajstić information content (AvgIpc) is 2.94. The maximum atomic E-state index is 12.0. The number of aromatic nitrogens is 1. The SMILES string of the molecule is CC(C)(C)OC(=O)NC1(/C=N/NC(=O)c2ccccn2)CCCC1. The third-order valence-electron chi connectivity index (χ3n) is 3.62. The van der Waals surface area contributed by atoms with Crippen LogP contribution in [0.25, 0.3) is 0 Å². The van der Waals surface area contributed by atoms with Crippen LogP contribution in [0.1, 0.15) is 56.9 Å². The predicted molar refractivity (Wildman–Crippen MR) is 90.8 cm³/mol. The summed E-state index contributed by atoms with van der Waals surface area (Å²) in [6, 6.07) is 5.07. The number of pyridine rings is 1. The van der Waals surface area contributed by atoms with Crippen LogP contribution in [-0.4, -0.2) is 34.3 Å². The summed E-state index contributed by atoms with van der Waals surface area (Å²) >= 11 is 0. The molecule has 0 aliphatic heterocycles. The number of ether oxygens (including phenoxy) is 1. The lowest BCUT2D eigenvalue weighted by molar-refractivity contribution is 0.0488. The van der Waals surface area contributed by atoms with E-state index in [-0.39, 0.29) is 5.69 Å². The molecule has 130 valence electrons. The third kappa shape index (κ3) is 5.33.